The molecular weight excluding hydrogens is 789 g/mol. The van der Waals surface area contributed by atoms with Crippen LogP contribution in [-0.2, 0) is 47.5 Å². The van der Waals surface area contributed by atoms with E-state index in [4.69, 9.17) is 37.9 Å². The summed E-state index contributed by atoms with van der Waals surface area (Å²) in [7, 11) is 1.70. The van der Waals surface area contributed by atoms with Gasteiger partial charge in [0.2, 0.25) is 0 Å². The van der Waals surface area contributed by atoms with Gasteiger partial charge in [0.15, 0.2) is 29.4 Å². The molecule has 61 heavy (non-hydrogen) atoms. The molecule has 14 heteroatoms. The fourth-order valence-electron chi connectivity index (χ4n) is 11.8. The van der Waals surface area contributed by atoms with Crippen molar-refractivity contribution < 1.29 is 67.9 Å². The zero-order valence-electron chi connectivity index (χ0n) is 38.8. The number of hydrogen-bond donors (Lipinski definition) is 4. The number of aliphatic hydroxyl groups is 3. The molecule has 0 unspecified atom stereocenters. The molecule has 4 N–H and O–H groups in total. The number of aliphatic carboxylic acids is 1. The van der Waals surface area contributed by atoms with Gasteiger partial charge >= 0.3 is 5.97 Å². The molecule has 14 nitrogen and oxygen atoms in total. The van der Waals surface area contributed by atoms with E-state index in [2.05, 4.69) is 27.7 Å². The van der Waals surface area contributed by atoms with Crippen LogP contribution in [0.4, 0.5) is 0 Å². The second-order valence-electron chi connectivity index (χ2n) is 20.6. The predicted molar refractivity (Wildman–Crippen MR) is 224 cm³/mol. The molecule has 0 aliphatic carbocycles. The predicted octanol–water partition coefficient (Wildman–Crippen LogP) is 6.15. The van der Waals surface area contributed by atoms with Gasteiger partial charge in [0.1, 0.15) is 0 Å². The molecule has 0 aromatic heterocycles. The van der Waals surface area contributed by atoms with Crippen LogP contribution in [0.5, 0.6) is 0 Å². The van der Waals surface area contributed by atoms with Gasteiger partial charge < -0.3 is 58.3 Å². The lowest BCUT2D eigenvalue weighted by Gasteiger charge is -2.54. The number of carbonyl (C=O) groups excluding carboxylic acids is 1. The van der Waals surface area contributed by atoms with Gasteiger partial charge in [-0.05, 0) is 64.4 Å². The third-order valence-electron chi connectivity index (χ3n) is 15.9. The van der Waals surface area contributed by atoms with Crippen molar-refractivity contribution in [3.63, 3.8) is 0 Å². The van der Waals surface area contributed by atoms with Crippen LogP contribution in [0, 0.1) is 47.3 Å². The number of methoxy groups -OCH3 is 1. The quantitative estimate of drug-likeness (QED) is 0.154. The average Bonchev–Trinajstić information content (AvgIpc) is 3.71. The van der Waals surface area contributed by atoms with E-state index in [1.165, 1.54) is 0 Å². The van der Waals surface area contributed by atoms with Crippen molar-refractivity contribution in [2.24, 2.45) is 47.3 Å². The largest absolute Gasteiger partial charge is 0.481 e. The highest BCUT2D eigenvalue weighted by molar-refractivity contribution is 5.96. The number of carboxylic acid groups (broad SMARTS) is 1. The van der Waals surface area contributed by atoms with Crippen molar-refractivity contribution in [3.05, 3.63) is 11.6 Å². The van der Waals surface area contributed by atoms with Crippen molar-refractivity contribution in [2.75, 3.05) is 13.7 Å². The van der Waals surface area contributed by atoms with E-state index in [9.17, 15) is 30.0 Å². The van der Waals surface area contributed by atoms with E-state index in [-0.39, 0.29) is 72.4 Å². The van der Waals surface area contributed by atoms with Crippen LogP contribution >= 0.6 is 0 Å². The first-order valence-electron chi connectivity index (χ1n) is 23.2. The van der Waals surface area contributed by atoms with Gasteiger partial charge in [-0.3, -0.25) is 9.59 Å². The summed E-state index contributed by atoms with van der Waals surface area (Å²) in [5.74, 6) is -7.01. The molecule has 6 rings (SSSR count). The fraction of sp³-hybridized carbons (Fsp3) is 0.915. The minimum atomic E-state index is -1.66. The monoisotopic (exact) mass is 867 g/mol. The molecule has 350 valence electrons. The number of hydrogen-bond acceptors (Lipinski definition) is 13. The number of Topliss-reactive ketones (excluding diaryl/α,β-unsaturated/α-hetero) is 1. The number of carbonyl (C=O) groups is 2. The molecule has 0 saturated carbocycles. The maximum absolute atomic E-state index is 13.4. The van der Waals surface area contributed by atoms with Crippen LogP contribution in [0.2, 0.25) is 0 Å². The standard InChI is InChI=1S/C47H78O14/c1-24(40(50)25(2)18-28(5)43(51)52)17-26(3)41-31(8)34(49)22-45(59-41)16-15-44(11,61-45)38-21-36(56-39-14-13-35(54-12)33(10)55-39)32(9)47(58-38)30(7)20-37(57-47)42-27(4)19-29(6)46(53,23-48)60-42/h17,25-39,41-42,48-49,53H,13-16,18-23H2,1-12H3,(H,51,52)/b24-17+/t25-,26+,27+,28+,29-,30+,31+,32+,33-,34+,35+,36-,37-,38-,39-,41-,42+,44+,45-,46-,47-/m1/s1. The molecule has 6 fully saturated rings. The fourth-order valence-corrected chi connectivity index (χ4v) is 11.8. The number of rotatable bonds is 13. The maximum Gasteiger partial charge on any atom is 0.306 e. The summed E-state index contributed by atoms with van der Waals surface area (Å²) in [6.45, 7) is 20.9. The highest BCUT2D eigenvalue weighted by atomic mass is 16.8. The molecule has 6 aliphatic heterocycles. The Balaban J connectivity index is 1.24. The zero-order chi connectivity index (χ0) is 45.0. The van der Waals surface area contributed by atoms with Gasteiger partial charge in [0.05, 0.1) is 67.0 Å². The summed E-state index contributed by atoms with van der Waals surface area (Å²) in [5, 5.41) is 42.5. The van der Waals surface area contributed by atoms with Crippen LogP contribution in [0.3, 0.4) is 0 Å². The second-order valence-corrected chi connectivity index (χ2v) is 20.6. The van der Waals surface area contributed by atoms with Gasteiger partial charge in [-0.1, -0.05) is 61.5 Å². The third-order valence-corrected chi connectivity index (χ3v) is 15.9. The normalized spacial score (nSPS) is 48.6. The summed E-state index contributed by atoms with van der Waals surface area (Å²) < 4.78 is 53.9. The van der Waals surface area contributed by atoms with Crippen molar-refractivity contribution >= 4 is 11.8 Å². The van der Waals surface area contributed by atoms with Crippen LogP contribution in [0.1, 0.15) is 134 Å². The highest BCUT2D eigenvalue weighted by Crippen LogP contribution is 2.56. The molecule has 0 radical (unpaired) electrons. The zero-order valence-corrected chi connectivity index (χ0v) is 38.8. The van der Waals surface area contributed by atoms with Crippen molar-refractivity contribution in [1.82, 2.24) is 0 Å². The van der Waals surface area contributed by atoms with E-state index in [1.807, 2.05) is 33.8 Å². The van der Waals surface area contributed by atoms with Gasteiger partial charge in [0.25, 0.3) is 0 Å². The van der Waals surface area contributed by atoms with Crippen molar-refractivity contribution in [2.45, 2.75) is 212 Å². The van der Waals surface area contributed by atoms with E-state index in [1.54, 1.807) is 27.9 Å². The van der Waals surface area contributed by atoms with E-state index in [0.717, 1.165) is 6.42 Å². The van der Waals surface area contributed by atoms with Gasteiger partial charge in [0, 0.05) is 68.3 Å². The molecule has 6 saturated heterocycles. The molecule has 0 aromatic rings. The lowest BCUT2D eigenvalue weighted by Crippen LogP contribution is -2.63. The summed E-state index contributed by atoms with van der Waals surface area (Å²) in [4.78, 5) is 24.8. The first-order valence-corrected chi connectivity index (χ1v) is 23.2. The van der Waals surface area contributed by atoms with E-state index in [0.29, 0.717) is 44.1 Å². The Bertz CT molecular complexity index is 1570. The number of aliphatic hydroxyl groups excluding tert-OH is 2. The Labute approximate surface area is 363 Å². The number of carboxylic acids is 1. The summed E-state index contributed by atoms with van der Waals surface area (Å²) in [6, 6.07) is 0. The Hall–Kier alpha value is -1.56. The molecule has 2 spiro atoms. The average molecular weight is 867 g/mol. The first kappa shape index (κ1) is 48.9. The van der Waals surface area contributed by atoms with Gasteiger partial charge in [-0.15, -0.1) is 0 Å². The summed E-state index contributed by atoms with van der Waals surface area (Å²) in [5.41, 5.74) is -0.326. The molecule has 0 amide bonds. The molecule has 0 aromatic carbocycles. The maximum atomic E-state index is 13.4. The molecule has 0 bridgehead atoms. The summed E-state index contributed by atoms with van der Waals surface area (Å²) >= 11 is 0. The first-order chi connectivity index (χ1) is 28.5. The van der Waals surface area contributed by atoms with E-state index < -0.39 is 84.2 Å². The number of ether oxygens (including phenoxy) is 8. The number of allylic oxidation sites excluding steroid dienone is 1. The minimum Gasteiger partial charge on any atom is -0.481 e. The lowest BCUT2D eigenvalue weighted by molar-refractivity contribution is -0.390. The molecular formula is C47H78O14. The van der Waals surface area contributed by atoms with Crippen molar-refractivity contribution in [3.8, 4) is 0 Å². The Morgan fingerprint density at radius 2 is 1.61 bits per heavy atom. The van der Waals surface area contributed by atoms with Crippen LogP contribution in [0.25, 0.3) is 0 Å². The van der Waals surface area contributed by atoms with Crippen LogP contribution < -0.4 is 0 Å². The minimum absolute atomic E-state index is 0.0130. The third kappa shape index (κ3) is 9.71. The van der Waals surface area contributed by atoms with Gasteiger partial charge in [-0.25, -0.2) is 0 Å². The highest BCUT2D eigenvalue weighted by Gasteiger charge is 2.65. The molecule has 6 heterocycles. The second kappa shape index (κ2) is 18.7. The van der Waals surface area contributed by atoms with Gasteiger partial charge in [-0.2, -0.15) is 0 Å². The topological polar surface area (TPSA) is 189 Å². The summed E-state index contributed by atoms with van der Waals surface area (Å²) in [6.07, 6.45) is 3.25. The Morgan fingerprint density at radius 3 is 2.25 bits per heavy atom. The Kier molecular flexibility index (Phi) is 15.0. The molecule has 21 atom stereocenters. The SMILES string of the molecule is CO[C@H]1CC[C@@H](O[C@@H]2C[C@H]([C@]3(C)CC[C@]4(C[C@H](O)[C@H](C)[C@@H]([C@@H](C)/C=C(\C)C(=O)[C@H](C)C[C@H](C)C(=O)O)O4)O3)O[C@@]3(O[C@@H]([C@H]4O[C@](O)(CO)[C@H](C)C[C@@H]4C)C[C@@H]3C)[C@H]2C)O[C@@H]1C. The smallest absolute Gasteiger partial charge is 0.306 e. The van der Waals surface area contributed by atoms with Crippen LogP contribution in [-0.4, -0.2) is 124 Å². The molecule has 6 aliphatic rings. The van der Waals surface area contributed by atoms with E-state index >= 15 is 0 Å². The number of ketones is 1. The Morgan fingerprint density at radius 1 is 0.902 bits per heavy atom. The van der Waals surface area contributed by atoms with Crippen molar-refractivity contribution in [1.29, 1.82) is 0 Å². The lowest BCUT2D eigenvalue weighted by atomic mass is 9.76. The van der Waals surface area contributed by atoms with Crippen LogP contribution in [0.15, 0.2) is 11.6 Å².